The van der Waals surface area contributed by atoms with Crippen LogP contribution >= 0.6 is 11.3 Å². The fraction of sp³-hybridized carbons (Fsp3) is 0.312. The number of ether oxygens (including phenoxy) is 1. The standard InChI is InChI=1S/C16H17N3O4S/c1-9-3-6-17-12(9)13(20)18-11-4-7-19(14(11)21)15-10(5-8-24-15)16(22)23-2/h3,5-6,8,11,17H,4,7H2,1-2H3,(H,18,20)/t11-/m1/s1. The number of aryl methyl sites for hydroxylation is 1. The molecule has 1 fully saturated rings. The Balaban J connectivity index is 1.74. The Morgan fingerprint density at radius 3 is 2.88 bits per heavy atom. The van der Waals surface area contributed by atoms with Gasteiger partial charge in [0.05, 0.1) is 12.7 Å². The summed E-state index contributed by atoms with van der Waals surface area (Å²) in [5.74, 6) is -1.01. The van der Waals surface area contributed by atoms with Crippen LogP contribution in [0.2, 0.25) is 0 Å². The Labute approximate surface area is 142 Å². The highest BCUT2D eigenvalue weighted by Gasteiger charge is 2.36. The third kappa shape index (κ3) is 2.80. The molecule has 0 radical (unpaired) electrons. The number of anilines is 1. The zero-order valence-electron chi connectivity index (χ0n) is 13.3. The normalized spacial score (nSPS) is 17.2. The van der Waals surface area contributed by atoms with Crippen molar-refractivity contribution in [2.45, 2.75) is 19.4 Å². The minimum Gasteiger partial charge on any atom is -0.465 e. The van der Waals surface area contributed by atoms with Crippen LogP contribution in [0.1, 0.15) is 32.8 Å². The van der Waals surface area contributed by atoms with Crippen LogP contribution in [0.5, 0.6) is 0 Å². The summed E-state index contributed by atoms with van der Waals surface area (Å²) in [5.41, 5.74) is 1.64. The minimum absolute atomic E-state index is 0.222. The second-order valence-corrected chi connectivity index (χ2v) is 6.37. The average Bonchev–Trinajstić information content (AvgIpc) is 3.28. The molecule has 2 aromatic rings. The molecule has 0 bridgehead atoms. The predicted molar refractivity (Wildman–Crippen MR) is 89.4 cm³/mol. The van der Waals surface area contributed by atoms with Crippen LogP contribution in [-0.4, -0.2) is 42.5 Å². The fourth-order valence-corrected chi connectivity index (χ4v) is 3.63. The second-order valence-electron chi connectivity index (χ2n) is 5.47. The van der Waals surface area contributed by atoms with Crippen LogP contribution in [0.4, 0.5) is 5.00 Å². The van der Waals surface area contributed by atoms with Crippen LogP contribution in [0.25, 0.3) is 0 Å². The van der Waals surface area contributed by atoms with Gasteiger partial charge in [0.1, 0.15) is 16.7 Å². The van der Waals surface area contributed by atoms with E-state index in [0.29, 0.717) is 29.2 Å². The van der Waals surface area contributed by atoms with E-state index in [9.17, 15) is 14.4 Å². The Bertz CT molecular complexity index is 795. The van der Waals surface area contributed by atoms with E-state index < -0.39 is 12.0 Å². The number of nitrogens with one attached hydrogen (secondary N) is 2. The lowest BCUT2D eigenvalue weighted by Gasteiger charge is -2.16. The molecule has 1 aliphatic heterocycles. The average molecular weight is 347 g/mol. The maximum absolute atomic E-state index is 12.6. The molecule has 2 aromatic heterocycles. The highest BCUT2D eigenvalue weighted by molar-refractivity contribution is 7.14. The quantitative estimate of drug-likeness (QED) is 0.824. The molecule has 0 spiro atoms. The molecule has 0 unspecified atom stereocenters. The lowest BCUT2D eigenvalue weighted by Crippen LogP contribution is -2.42. The number of hydrogen-bond donors (Lipinski definition) is 2. The first-order chi connectivity index (χ1) is 11.5. The van der Waals surface area contributed by atoms with Gasteiger partial charge in [-0.2, -0.15) is 0 Å². The number of esters is 1. The monoisotopic (exact) mass is 347 g/mol. The van der Waals surface area contributed by atoms with Crippen molar-refractivity contribution >= 4 is 34.1 Å². The van der Waals surface area contributed by atoms with Crippen LogP contribution in [-0.2, 0) is 9.53 Å². The van der Waals surface area contributed by atoms with E-state index in [1.807, 2.05) is 6.92 Å². The molecule has 3 heterocycles. The molecule has 2 amide bonds. The molecule has 1 atom stereocenters. The number of methoxy groups -OCH3 is 1. The zero-order chi connectivity index (χ0) is 17.3. The second kappa shape index (κ2) is 6.48. The highest BCUT2D eigenvalue weighted by Crippen LogP contribution is 2.31. The Hall–Kier alpha value is -2.61. The Morgan fingerprint density at radius 1 is 1.42 bits per heavy atom. The summed E-state index contributed by atoms with van der Waals surface area (Å²) in [7, 11) is 1.30. The number of aromatic amines is 1. The first-order valence-corrected chi connectivity index (χ1v) is 8.33. The summed E-state index contributed by atoms with van der Waals surface area (Å²) < 4.78 is 4.74. The Kier molecular flexibility index (Phi) is 4.39. The molecule has 2 N–H and O–H groups in total. The SMILES string of the molecule is COC(=O)c1ccsc1N1CC[C@@H](NC(=O)c2[nH]ccc2C)C1=O. The molecule has 126 valence electrons. The maximum Gasteiger partial charge on any atom is 0.340 e. The largest absolute Gasteiger partial charge is 0.465 e. The lowest BCUT2D eigenvalue weighted by molar-refractivity contribution is -0.118. The summed E-state index contributed by atoms with van der Waals surface area (Å²) in [6.45, 7) is 2.26. The molecule has 1 aliphatic rings. The van der Waals surface area contributed by atoms with E-state index in [2.05, 4.69) is 10.3 Å². The van der Waals surface area contributed by atoms with Gasteiger partial charge in [-0.05, 0) is 36.4 Å². The zero-order valence-corrected chi connectivity index (χ0v) is 14.1. The predicted octanol–water partition coefficient (Wildman–Crippen LogP) is 1.71. The van der Waals surface area contributed by atoms with Gasteiger partial charge in [-0.3, -0.25) is 9.59 Å². The smallest absolute Gasteiger partial charge is 0.340 e. The van der Waals surface area contributed by atoms with Gasteiger partial charge in [-0.25, -0.2) is 4.79 Å². The topological polar surface area (TPSA) is 91.5 Å². The van der Waals surface area contributed by atoms with Crippen molar-refractivity contribution in [3.63, 3.8) is 0 Å². The number of amides is 2. The molecule has 0 saturated carbocycles. The van der Waals surface area contributed by atoms with E-state index in [4.69, 9.17) is 4.74 Å². The van der Waals surface area contributed by atoms with Crippen molar-refractivity contribution in [3.05, 3.63) is 40.5 Å². The minimum atomic E-state index is -0.604. The fourth-order valence-electron chi connectivity index (χ4n) is 2.71. The van der Waals surface area contributed by atoms with Crippen molar-refractivity contribution in [1.29, 1.82) is 0 Å². The molecule has 8 heteroatoms. The van der Waals surface area contributed by atoms with E-state index in [1.165, 1.54) is 23.3 Å². The first kappa shape index (κ1) is 16.3. The number of aromatic nitrogens is 1. The summed E-state index contributed by atoms with van der Waals surface area (Å²) in [4.78, 5) is 41.1. The summed E-state index contributed by atoms with van der Waals surface area (Å²) >= 11 is 1.30. The van der Waals surface area contributed by atoms with Crippen molar-refractivity contribution in [3.8, 4) is 0 Å². The van der Waals surface area contributed by atoms with Crippen molar-refractivity contribution in [1.82, 2.24) is 10.3 Å². The Morgan fingerprint density at radius 2 is 2.21 bits per heavy atom. The van der Waals surface area contributed by atoms with Gasteiger partial charge in [-0.1, -0.05) is 0 Å². The molecule has 1 saturated heterocycles. The van der Waals surface area contributed by atoms with Crippen LogP contribution in [0, 0.1) is 6.92 Å². The van der Waals surface area contributed by atoms with Gasteiger partial charge in [0, 0.05) is 12.7 Å². The van der Waals surface area contributed by atoms with Crippen molar-refractivity contribution < 1.29 is 19.1 Å². The van der Waals surface area contributed by atoms with E-state index in [-0.39, 0.29) is 11.8 Å². The van der Waals surface area contributed by atoms with E-state index in [0.717, 1.165) is 5.56 Å². The van der Waals surface area contributed by atoms with Gasteiger partial charge in [0.2, 0.25) is 5.91 Å². The molecule has 0 aliphatic carbocycles. The number of H-pyrrole nitrogens is 1. The molecule has 0 aromatic carbocycles. The molecule has 3 rings (SSSR count). The number of carbonyl (C=O) groups excluding carboxylic acids is 3. The van der Waals surface area contributed by atoms with E-state index >= 15 is 0 Å². The van der Waals surface area contributed by atoms with Crippen LogP contribution in [0.15, 0.2) is 23.7 Å². The molecular weight excluding hydrogens is 330 g/mol. The number of nitrogens with zero attached hydrogens (tertiary/aromatic N) is 1. The number of rotatable bonds is 4. The van der Waals surface area contributed by atoms with Crippen molar-refractivity contribution in [2.75, 3.05) is 18.6 Å². The third-order valence-corrected chi connectivity index (χ3v) is 4.92. The molecule has 7 nitrogen and oxygen atoms in total. The molecule has 24 heavy (non-hydrogen) atoms. The first-order valence-electron chi connectivity index (χ1n) is 7.45. The number of carbonyl (C=O) groups is 3. The summed E-state index contributed by atoms with van der Waals surface area (Å²) in [5, 5.41) is 5.05. The third-order valence-electron chi connectivity index (χ3n) is 3.99. The number of hydrogen-bond acceptors (Lipinski definition) is 5. The van der Waals surface area contributed by atoms with E-state index in [1.54, 1.807) is 23.7 Å². The lowest BCUT2D eigenvalue weighted by atomic mass is 10.2. The van der Waals surface area contributed by atoms with Gasteiger partial charge < -0.3 is 19.9 Å². The highest BCUT2D eigenvalue weighted by atomic mass is 32.1. The summed E-state index contributed by atoms with van der Waals surface area (Å²) in [6.07, 6.45) is 2.17. The van der Waals surface area contributed by atoms with Crippen molar-refractivity contribution in [2.24, 2.45) is 0 Å². The number of thiophene rings is 1. The van der Waals surface area contributed by atoms with Gasteiger partial charge in [0.15, 0.2) is 0 Å². The van der Waals surface area contributed by atoms with Crippen LogP contribution in [0.3, 0.4) is 0 Å². The van der Waals surface area contributed by atoms with Gasteiger partial charge >= 0.3 is 5.97 Å². The van der Waals surface area contributed by atoms with Gasteiger partial charge in [0.25, 0.3) is 5.91 Å². The van der Waals surface area contributed by atoms with Crippen LogP contribution < -0.4 is 10.2 Å². The molecular formula is C16H17N3O4S. The van der Waals surface area contributed by atoms with Gasteiger partial charge in [-0.15, -0.1) is 11.3 Å². The summed E-state index contributed by atoms with van der Waals surface area (Å²) in [6, 6.07) is 2.83. The maximum atomic E-state index is 12.6.